The highest BCUT2D eigenvalue weighted by Crippen LogP contribution is 2.30. The predicted molar refractivity (Wildman–Crippen MR) is 66.7 cm³/mol. The van der Waals surface area contributed by atoms with E-state index in [2.05, 4.69) is 17.1 Å². The number of rotatable bonds is 4. The Balaban J connectivity index is 1.91. The van der Waals surface area contributed by atoms with Gasteiger partial charge in [0.15, 0.2) is 0 Å². The monoisotopic (exact) mass is 226 g/mol. The van der Waals surface area contributed by atoms with Gasteiger partial charge in [-0.25, -0.2) is 0 Å². The summed E-state index contributed by atoms with van der Waals surface area (Å²) >= 11 is 0. The number of ether oxygens (including phenoxy) is 1. The van der Waals surface area contributed by atoms with Gasteiger partial charge in [0, 0.05) is 19.2 Å². The van der Waals surface area contributed by atoms with Crippen molar-refractivity contribution in [2.45, 2.75) is 44.7 Å². The van der Waals surface area contributed by atoms with Gasteiger partial charge in [0.25, 0.3) is 0 Å². The summed E-state index contributed by atoms with van der Waals surface area (Å²) in [5, 5.41) is 3.46. The molecule has 2 saturated heterocycles. The molecule has 16 heavy (non-hydrogen) atoms. The Hall–Kier alpha value is -0.120. The molecule has 2 atom stereocenters. The molecule has 2 rings (SSSR count). The van der Waals surface area contributed by atoms with E-state index >= 15 is 0 Å². The first-order chi connectivity index (χ1) is 7.83. The molecule has 2 aliphatic rings. The van der Waals surface area contributed by atoms with E-state index in [0.29, 0.717) is 6.04 Å². The SMILES string of the molecule is COCC(C)N1CCCC1C1CCNCC1. The van der Waals surface area contributed by atoms with Gasteiger partial charge in [0.05, 0.1) is 6.61 Å². The highest BCUT2D eigenvalue weighted by atomic mass is 16.5. The molecule has 0 aromatic carbocycles. The van der Waals surface area contributed by atoms with Crippen molar-refractivity contribution in [2.24, 2.45) is 5.92 Å². The molecule has 0 aliphatic carbocycles. The Morgan fingerprint density at radius 3 is 2.75 bits per heavy atom. The van der Waals surface area contributed by atoms with Crippen LogP contribution >= 0.6 is 0 Å². The maximum absolute atomic E-state index is 5.30. The Bertz CT molecular complexity index is 204. The topological polar surface area (TPSA) is 24.5 Å². The van der Waals surface area contributed by atoms with Gasteiger partial charge < -0.3 is 10.1 Å². The molecule has 0 saturated carbocycles. The van der Waals surface area contributed by atoms with E-state index in [1.165, 1.54) is 45.3 Å². The van der Waals surface area contributed by atoms with Crippen LogP contribution in [0, 0.1) is 5.92 Å². The maximum atomic E-state index is 5.30. The Labute approximate surface area is 99.5 Å². The van der Waals surface area contributed by atoms with Gasteiger partial charge in [-0.15, -0.1) is 0 Å². The number of hydrogen-bond donors (Lipinski definition) is 1. The van der Waals surface area contributed by atoms with Crippen molar-refractivity contribution in [1.29, 1.82) is 0 Å². The zero-order chi connectivity index (χ0) is 11.4. The minimum Gasteiger partial charge on any atom is -0.383 e. The molecule has 3 nitrogen and oxygen atoms in total. The third-order valence-electron chi connectivity index (χ3n) is 4.24. The van der Waals surface area contributed by atoms with Crippen molar-refractivity contribution in [3.05, 3.63) is 0 Å². The zero-order valence-corrected chi connectivity index (χ0v) is 10.7. The minimum absolute atomic E-state index is 0.590. The first-order valence-electron chi connectivity index (χ1n) is 6.78. The van der Waals surface area contributed by atoms with Crippen molar-refractivity contribution < 1.29 is 4.74 Å². The van der Waals surface area contributed by atoms with Crippen LogP contribution in [0.1, 0.15) is 32.6 Å². The lowest BCUT2D eigenvalue weighted by molar-refractivity contribution is 0.0657. The molecule has 1 N–H and O–H groups in total. The average molecular weight is 226 g/mol. The summed E-state index contributed by atoms with van der Waals surface area (Å²) in [6.45, 7) is 6.89. The highest BCUT2D eigenvalue weighted by Gasteiger charge is 2.34. The predicted octanol–water partition coefficient (Wildman–Crippen LogP) is 1.49. The van der Waals surface area contributed by atoms with Crippen molar-refractivity contribution >= 4 is 0 Å². The molecule has 0 aromatic heterocycles. The standard InChI is InChI=1S/C13H26N2O/c1-11(10-16-2)15-9-3-4-13(15)12-5-7-14-8-6-12/h11-14H,3-10H2,1-2H3. The van der Waals surface area contributed by atoms with Gasteiger partial charge >= 0.3 is 0 Å². The molecule has 0 aromatic rings. The Morgan fingerprint density at radius 1 is 1.31 bits per heavy atom. The molecule has 2 unspecified atom stereocenters. The molecule has 94 valence electrons. The van der Waals surface area contributed by atoms with Crippen molar-refractivity contribution in [2.75, 3.05) is 33.4 Å². The van der Waals surface area contributed by atoms with Crippen LogP contribution in [0.15, 0.2) is 0 Å². The first-order valence-corrected chi connectivity index (χ1v) is 6.78. The van der Waals surface area contributed by atoms with Crippen LogP contribution < -0.4 is 5.32 Å². The van der Waals surface area contributed by atoms with Crippen LogP contribution in [0.2, 0.25) is 0 Å². The van der Waals surface area contributed by atoms with Crippen LogP contribution in [0.5, 0.6) is 0 Å². The minimum atomic E-state index is 0.590. The summed E-state index contributed by atoms with van der Waals surface area (Å²) in [7, 11) is 1.81. The van der Waals surface area contributed by atoms with Crippen LogP contribution in [-0.4, -0.2) is 50.3 Å². The van der Waals surface area contributed by atoms with Crippen molar-refractivity contribution in [3.8, 4) is 0 Å². The van der Waals surface area contributed by atoms with E-state index in [1.807, 2.05) is 7.11 Å². The second-order valence-electron chi connectivity index (χ2n) is 5.34. The third-order valence-corrected chi connectivity index (χ3v) is 4.24. The normalized spacial score (nSPS) is 30.8. The fraction of sp³-hybridized carbons (Fsp3) is 1.00. The zero-order valence-electron chi connectivity index (χ0n) is 10.7. The Kier molecular flexibility index (Phi) is 4.62. The molecule has 2 aliphatic heterocycles. The lowest BCUT2D eigenvalue weighted by atomic mass is 9.88. The van der Waals surface area contributed by atoms with E-state index < -0.39 is 0 Å². The van der Waals surface area contributed by atoms with Crippen molar-refractivity contribution in [3.63, 3.8) is 0 Å². The number of hydrogen-bond acceptors (Lipinski definition) is 3. The fourth-order valence-electron chi connectivity index (χ4n) is 3.43. The average Bonchev–Trinajstić information content (AvgIpc) is 2.79. The second kappa shape index (κ2) is 5.99. The van der Waals surface area contributed by atoms with Gasteiger partial charge in [-0.05, 0) is 58.2 Å². The van der Waals surface area contributed by atoms with E-state index in [1.54, 1.807) is 0 Å². The van der Waals surface area contributed by atoms with E-state index in [0.717, 1.165) is 18.6 Å². The second-order valence-corrected chi connectivity index (χ2v) is 5.34. The van der Waals surface area contributed by atoms with Gasteiger partial charge in [-0.1, -0.05) is 0 Å². The molecular weight excluding hydrogens is 200 g/mol. The summed E-state index contributed by atoms with van der Waals surface area (Å²) in [5.74, 6) is 0.919. The van der Waals surface area contributed by atoms with Gasteiger partial charge in [0.2, 0.25) is 0 Å². The number of methoxy groups -OCH3 is 1. The van der Waals surface area contributed by atoms with E-state index in [4.69, 9.17) is 4.74 Å². The smallest absolute Gasteiger partial charge is 0.0615 e. The van der Waals surface area contributed by atoms with Crippen LogP contribution in [-0.2, 0) is 4.74 Å². The van der Waals surface area contributed by atoms with E-state index in [-0.39, 0.29) is 0 Å². The lowest BCUT2D eigenvalue weighted by Gasteiger charge is -2.37. The number of nitrogens with zero attached hydrogens (tertiary/aromatic N) is 1. The third kappa shape index (κ3) is 2.76. The van der Waals surface area contributed by atoms with Gasteiger partial charge in [-0.2, -0.15) is 0 Å². The summed E-state index contributed by atoms with van der Waals surface area (Å²) in [4.78, 5) is 2.69. The van der Waals surface area contributed by atoms with Crippen LogP contribution in [0.4, 0.5) is 0 Å². The lowest BCUT2D eigenvalue weighted by Crippen LogP contribution is -2.46. The van der Waals surface area contributed by atoms with Crippen LogP contribution in [0.25, 0.3) is 0 Å². The van der Waals surface area contributed by atoms with Crippen LogP contribution in [0.3, 0.4) is 0 Å². The summed E-state index contributed by atoms with van der Waals surface area (Å²) in [6, 6.07) is 1.42. The largest absolute Gasteiger partial charge is 0.383 e. The number of likely N-dealkylation sites (tertiary alicyclic amines) is 1. The maximum Gasteiger partial charge on any atom is 0.0615 e. The summed E-state index contributed by atoms with van der Waals surface area (Å²) in [6.07, 6.45) is 5.50. The molecular formula is C13H26N2O. The van der Waals surface area contributed by atoms with E-state index in [9.17, 15) is 0 Å². The molecule has 0 bridgehead atoms. The van der Waals surface area contributed by atoms with Gasteiger partial charge in [0.1, 0.15) is 0 Å². The summed E-state index contributed by atoms with van der Waals surface area (Å²) in [5.41, 5.74) is 0. The molecule has 2 fully saturated rings. The molecule has 3 heteroatoms. The molecule has 0 radical (unpaired) electrons. The first kappa shape index (κ1) is 12.3. The fourth-order valence-corrected chi connectivity index (χ4v) is 3.43. The van der Waals surface area contributed by atoms with Gasteiger partial charge in [-0.3, -0.25) is 4.90 Å². The number of piperidine rings is 1. The van der Waals surface area contributed by atoms with Crippen molar-refractivity contribution in [1.82, 2.24) is 10.2 Å². The Morgan fingerprint density at radius 2 is 2.06 bits per heavy atom. The summed E-state index contributed by atoms with van der Waals surface area (Å²) < 4.78 is 5.30. The number of nitrogens with one attached hydrogen (secondary N) is 1. The molecule has 2 heterocycles. The quantitative estimate of drug-likeness (QED) is 0.786. The molecule has 0 amide bonds. The highest BCUT2D eigenvalue weighted by molar-refractivity contribution is 4.89. The molecule has 0 spiro atoms.